The predicted molar refractivity (Wildman–Crippen MR) is 127 cm³/mol. The molecule has 1 aliphatic carbocycles. The number of sulfonamides is 1. The number of carbonyl (C=O) groups is 1. The molecule has 32 heavy (non-hydrogen) atoms. The lowest BCUT2D eigenvalue weighted by Gasteiger charge is -2.17. The normalized spacial score (nSPS) is 15.5. The van der Waals surface area contributed by atoms with Gasteiger partial charge in [-0.15, -0.1) is 11.3 Å². The van der Waals surface area contributed by atoms with Crippen molar-refractivity contribution in [2.75, 3.05) is 10.0 Å². The van der Waals surface area contributed by atoms with E-state index in [0.29, 0.717) is 22.0 Å². The van der Waals surface area contributed by atoms with Crippen molar-refractivity contribution in [2.24, 2.45) is 5.92 Å². The van der Waals surface area contributed by atoms with Gasteiger partial charge < -0.3 is 5.32 Å². The summed E-state index contributed by atoms with van der Waals surface area (Å²) < 4.78 is 27.8. The van der Waals surface area contributed by atoms with Gasteiger partial charge in [-0.3, -0.25) is 9.52 Å². The second kappa shape index (κ2) is 8.77. The summed E-state index contributed by atoms with van der Waals surface area (Å²) in [5, 5.41) is 13.1. The standard InChI is InChI=1S/C24H23N3O3S2/c1-15-6-9-19(10-7-15)32(29,30)27-18-5-3-4-17(13-18)23(28)26-24-21(14-25)20-11-8-16(2)12-22(20)31-24/h3-7,9-10,13,16,27H,8,11-12H2,1-2H3,(H,26,28). The average molecular weight is 466 g/mol. The van der Waals surface area contributed by atoms with Crippen molar-refractivity contribution in [1.29, 1.82) is 5.26 Å². The maximum absolute atomic E-state index is 12.9. The zero-order valence-corrected chi connectivity index (χ0v) is 19.4. The molecule has 0 saturated heterocycles. The van der Waals surface area contributed by atoms with Crippen molar-refractivity contribution < 1.29 is 13.2 Å². The van der Waals surface area contributed by atoms with E-state index in [1.807, 2.05) is 6.92 Å². The molecule has 0 spiro atoms. The summed E-state index contributed by atoms with van der Waals surface area (Å²) in [7, 11) is -3.77. The van der Waals surface area contributed by atoms with Gasteiger partial charge in [0.15, 0.2) is 0 Å². The lowest BCUT2D eigenvalue weighted by molar-refractivity contribution is 0.102. The molecule has 2 N–H and O–H groups in total. The van der Waals surface area contributed by atoms with Crippen molar-refractivity contribution in [3.05, 3.63) is 75.7 Å². The van der Waals surface area contributed by atoms with Crippen LogP contribution in [0, 0.1) is 24.2 Å². The van der Waals surface area contributed by atoms with Crippen LogP contribution in [0.2, 0.25) is 0 Å². The highest BCUT2D eigenvalue weighted by atomic mass is 32.2. The average Bonchev–Trinajstić information content (AvgIpc) is 3.09. The molecule has 164 valence electrons. The van der Waals surface area contributed by atoms with Crippen molar-refractivity contribution >= 4 is 38.0 Å². The Morgan fingerprint density at radius 3 is 2.66 bits per heavy atom. The Bertz CT molecular complexity index is 1320. The van der Waals surface area contributed by atoms with Crippen molar-refractivity contribution in [3.63, 3.8) is 0 Å². The van der Waals surface area contributed by atoms with E-state index >= 15 is 0 Å². The van der Waals surface area contributed by atoms with E-state index in [0.717, 1.165) is 35.3 Å². The fraction of sp³-hybridized carbons (Fsp3) is 0.250. The van der Waals surface area contributed by atoms with Crippen LogP contribution >= 0.6 is 11.3 Å². The van der Waals surface area contributed by atoms with Gasteiger partial charge in [0.25, 0.3) is 15.9 Å². The number of carbonyl (C=O) groups excluding carboxylic acids is 1. The van der Waals surface area contributed by atoms with E-state index < -0.39 is 10.0 Å². The molecule has 1 heterocycles. The first-order chi connectivity index (χ1) is 15.3. The number of thiophene rings is 1. The molecule has 0 aliphatic heterocycles. The topological polar surface area (TPSA) is 99.1 Å². The second-order valence-electron chi connectivity index (χ2n) is 8.12. The Kier molecular flexibility index (Phi) is 6.04. The van der Waals surface area contributed by atoms with Gasteiger partial charge in [-0.25, -0.2) is 8.42 Å². The Hall–Kier alpha value is -3.15. The molecule has 6 nitrogen and oxygen atoms in total. The molecule has 1 unspecified atom stereocenters. The van der Waals surface area contributed by atoms with Crippen LogP contribution in [0.3, 0.4) is 0 Å². The van der Waals surface area contributed by atoms with Gasteiger partial charge in [-0.2, -0.15) is 5.26 Å². The van der Waals surface area contributed by atoms with Crippen LogP contribution in [0.4, 0.5) is 10.7 Å². The number of rotatable bonds is 5. The van der Waals surface area contributed by atoms with Gasteiger partial charge in [0.2, 0.25) is 0 Å². The number of nitrogens with one attached hydrogen (secondary N) is 2. The van der Waals surface area contributed by atoms with Crippen LogP contribution in [0.15, 0.2) is 53.4 Å². The smallest absolute Gasteiger partial charge is 0.261 e. The first kappa shape index (κ1) is 22.1. The zero-order chi connectivity index (χ0) is 22.9. The largest absolute Gasteiger partial charge is 0.312 e. The first-order valence-electron chi connectivity index (χ1n) is 10.3. The van der Waals surface area contributed by atoms with Gasteiger partial charge in [0.05, 0.1) is 10.5 Å². The first-order valence-corrected chi connectivity index (χ1v) is 12.6. The number of hydrogen-bond acceptors (Lipinski definition) is 5. The number of nitriles is 1. The van der Waals surface area contributed by atoms with Gasteiger partial charge in [-0.1, -0.05) is 30.7 Å². The number of nitrogens with zero attached hydrogens (tertiary/aromatic N) is 1. The van der Waals surface area contributed by atoms with E-state index in [1.54, 1.807) is 30.3 Å². The highest BCUT2D eigenvalue weighted by Crippen LogP contribution is 2.39. The Balaban J connectivity index is 1.55. The Labute approximate surface area is 192 Å². The Morgan fingerprint density at radius 2 is 1.94 bits per heavy atom. The van der Waals surface area contributed by atoms with E-state index in [-0.39, 0.29) is 16.5 Å². The predicted octanol–water partition coefficient (Wildman–Crippen LogP) is 5.11. The molecule has 2 aromatic carbocycles. The summed E-state index contributed by atoms with van der Waals surface area (Å²) in [6.45, 7) is 4.07. The third-order valence-corrected chi connectivity index (χ3v) is 8.13. The number of hydrogen-bond donors (Lipinski definition) is 2. The molecule has 1 atom stereocenters. The highest BCUT2D eigenvalue weighted by Gasteiger charge is 2.25. The summed E-state index contributed by atoms with van der Waals surface area (Å²) in [5.41, 5.74) is 3.15. The molecule has 1 aliphatic rings. The van der Waals surface area contributed by atoms with E-state index in [2.05, 4.69) is 23.0 Å². The lowest BCUT2D eigenvalue weighted by Crippen LogP contribution is -2.15. The molecular formula is C24H23N3O3S2. The number of aryl methyl sites for hydroxylation is 1. The summed E-state index contributed by atoms with van der Waals surface area (Å²) in [5.74, 6) is 0.180. The molecular weight excluding hydrogens is 442 g/mol. The van der Waals surface area contributed by atoms with Crippen LogP contribution in [0.5, 0.6) is 0 Å². The minimum atomic E-state index is -3.77. The van der Waals surface area contributed by atoms with Crippen LogP contribution < -0.4 is 10.0 Å². The van der Waals surface area contributed by atoms with Crippen LogP contribution in [0.25, 0.3) is 0 Å². The fourth-order valence-electron chi connectivity index (χ4n) is 3.79. The van der Waals surface area contributed by atoms with Crippen molar-refractivity contribution in [2.45, 2.75) is 38.0 Å². The maximum atomic E-state index is 12.9. The van der Waals surface area contributed by atoms with Gasteiger partial charge in [0, 0.05) is 16.1 Å². The van der Waals surface area contributed by atoms with E-state index in [4.69, 9.17) is 0 Å². The van der Waals surface area contributed by atoms with Crippen LogP contribution in [0.1, 0.15) is 45.3 Å². The summed E-state index contributed by atoms with van der Waals surface area (Å²) in [6, 6.07) is 15.1. The SMILES string of the molecule is Cc1ccc(S(=O)(=O)Nc2cccc(C(=O)Nc3sc4c(c3C#N)CCC(C)C4)c2)cc1. The van der Waals surface area contributed by atoms with Gasteiger partial charge in [0.1, 0.15) is 11.1 Å². The summed E-state index contributed by atoms with van der Waals surface area (Å²) >= 11 is 1.46. The molecule has 0 saturated carbocycles. The zero-order valence-electron chi connectivity index (χ0n) is 17.8. The highest BCUT2D eigenvalue weighted by molar-refractivity contribution is 7.92. The fourth-order valence-corrected chi connectivity index (χ4v) is 6.19. The Morgan fingerprint density at radius 1 is 1.19 bits per heavy atom. The molecule has 0 bridgehead atoms. The van der Waals surface area contributed by atoms with E-state index in [9.17, 15) is 18.5 Å². The lowest BCUT2D eigenvalue weighted by atomic mass is 9.88. The molecule has 1 aromatic heterocycles. The third-order valence-electron chi connectivity index (χ3n) is 5.56. The minimum absolute atomic E-state index is 0.148. The molecule has 8 heteroatoms. The number of anilines is 2. The van der Waals surface area contributed by atoms with Crippen LogP contribution in [-0.4, -0.2) is 14.3 Å². The quantitative estimate of drug-likeness (QED) is 0.547. The molecule has 1 amide bonds. The molecule has 0 fully saturated rings. The van der Waals surface area contributed by atoms with E-state index in [1.165, 1.54) is 29.5 Å². The summed E-state index contributed by atoms with van der Waals surface area (Å²) in [6.07, 6.45) is 2.80. The molecule has 4 rings (SSSR count). The third kappa shape index (κ3) is 4.54. The van der Waals surface area contributed by atoms with Gasteiger partial charge >= 0.3 is 0 Å². The number of benzene rings is 2. The van der Waals surface area contributed by atoms with Crippen molar-refractivity contribution in [1.82, 2.24) is 0 Å². The monoisotopic (exact) mass is 465 g/mol. The molecule has 3 aromatic rings. The van der Waals surface area contributed by atoms with Crippen LogP contribution in [-0.2, 0) is 22.9 Å². The number of amides is 1. The van der Waals surface area contributed by atoms with Gasteiger partial charge in [-0.05, 0) is 68.0 Å². The number of fused-ring (bicyclic) bond motifs is 1. The molecule has 0 radical (unpaired) electrons. The minimum Gasteiger partial charge on any atom is -0.312 e. The second-order valence-corrected chi connectivity index (χ2v) is 10.9. The summed E-state index contributed by atoms with van der Waals surface area (Å²) in [4.78, 5) is 14.2. The maximum Gasteiger partial charge on any atom is 0.261 e. The van der Waals surface area contributed by atoms with Crippen molar-refractivity contribution in [3.8, 4) is 6.07 Å².